The number of hydrogen-bond acceptors (Lipinski definition) is 4. The smallest absolute Gasteiger partial charge is 0.382 e. The van der Waals surface area contributed by atoms with Gasteiger partial charge in [-0.1, -0.05) is 48.2 Å². The van der Waals surface area contributed by atoms with E-state index in [4.69, 9.17) is 0 Å². The number of aliphatic hydroxyl groups excluding tert-OH is 1. The molecule has 0 saturated heterocycles. The Labute approximate surface area is 202 Å². The van der Waals surface area contributed by atoms with E-state index in [-0.39, 0.29) is 17.5 Å². The first kappa shape index (κ1) is 23.9. The number of anilines is 2. The summed E-state index contributed by atoms with van der Waals surface area (Å²) < 4.78 is 80.4. The lowest BCUT2D eigenvalue weighted by Crippen LogP contribution is -2.49. The molecule has 3 aromatic carbocycles. The second kappa shape index (κ2) is 8.67. The van der Waals surface area contributed by atoms with Crippen molar-refractivity contribution in [3.63, 3.8) is 0 Å². The number of thioether (sulfide) groups is 1. The lowest BCUT2D eigenvalue weighted by Gasteiger charge is -2.47. The molecule has 10 heteroatoms. The summed E-state index contributed by atoms with van der Waals surface area (Å²) in [7, 11) is 0. The molecule has 3 aromatic rings. The zero-order chi connectivity index (χ0) is 25.0. The van der Waals surface area contributed by atoms with Crippen LogP contribution in [0, 0.1) is 0 Å². The molecule has 5 rings (SSSR count). The number of rotatable bonds is 4. The van der Waals surface area contributed by atoms with Gasteiger partial charge in [-0.05, 0) is 47.5 Å². The fourth-order valence-electron chi connectivity index (χ4n) is 4.63. The van der Waals surface area contributed by atoms with Gasteiger partial charge in [-0.3, -0.25) is 0 Å². The summed E-state index contributed by atoms with van der Waals surface area (Å²) in [5.74, 6) is 0. The van der Waals surface area contributed by atoms with Gasteiger partial charge in [0.15, 0.2) is 6.10 Å². The average Bonchev–Trinajstić information content (AvgIpc) is 3.10. The van der Waals surface area contributed by atoms with Gasteiger partial charge in [-0.25, -0.2) is 0 Å². The van der Waals surface area contributed by atoms with E-state index < -0.39 is 36.6 Å². The third-order valence-corrected chi connectivity index (χ3v) is 7.54. The van der Waals surface area contributed by atoms with Crippen molar-refractivity contribution in [3.05, 3.63) is 89.5 Å². The predicted molar refractivity (Wildman–Crippen MR) is 122 cm³/mol. The Hall–Kier alpha value is -2.85. The van der Waals surface area contributed by atoms with Gasteiger partial charge in [0.05, 0.1) is 29.5 Å². The number of fused-ring (bicyclic) bond motifs is 3. The van der Waals surface area contributed by atoms with Crippen LogP contribution in [0.5, 0.6) is 0 Å². The highest BCUT2D eigenvalue weighted by atomic mass is 32.2. The zero-order valence-corrected chi connectivity index (χ0v) is 18.9. The minimum atomic E-state index is -4.87. The van der Waals surface area contributed by atoms with Crippen LogP contribution in [0.25, 0.3) is 0 Å². The van der Waals surface area contributed by atoms with E-state index >= 15 is 0 Å². The molecule has 0 aromatic heterocycles. The highest BCUT2D eigenvalue weighted by molar-refractivity contribution is 8.00. The average molecular weight is 511 g/mol. The van der Waals surface area contributed by atoms with Crippen molar-refractivity contribution < 1.29 is 31.4 Å². The lowest BCUT2D eigenvalue weighted by atomic mass is 9.96. The van der Waals surface area contributed by atoms with E-state index in [2.05, 4.69) is 0 Å². The van der Waals surface area contributed by atoms with Gasteiger partial charge < -0.3 is 14.9 Å². The molecule has 1 N–H and O–H groups in total. The standard InChI is InChI=1S/C25H20F6N2OS/c26-24(27,28)17-7-3-5-15(11-17)21-13-33(23-16-6-4-8-18(12-16)35-23)20-10-2-1-9-19(20)32(21)14-22(34)25(29,30)31/h1-12,21-23,34H,13-14H2/t21?,22-,23-/m1/s1. The van der Waals surface area contributed by atoms with Gasteiger partial charge in [0.1, 0.15) is 5.37 Å². The van der Waals surface area contributed by atoms with E-state index in [9.17, 15) is 31.4 Å². The highest BCUT2D eigenvalue weighted by Gasteiger charge is 2.44. The second-order valence-electron chi connectivity index (χ2n) is 8.53. The van der Waals surface area contributed by atoms with Crippen LogP contribution in [0.15, 0.2) is 77.7 Å². The number of aliphatic hydroxyl groups is 1. The molecule has 0 spiro atoms. The second-order valence-corrected chi connectivity index (χ2v) is 9.69. The fourth-order valence-corrected chi connectivity index (χ4v) is 5.86. The maximum absolute atomic E-state index is 13.5. The summed E-state index contributed by atoms with van der Waals surface area (Å²) in [6.45, 7) is -0.667. The number of nitrogens with zero attached hydrogens (tertiary/aromatic N) is 2. The summed E-state index contributed by atoms with van der Waals surface area (Å²) in [4.78, 5) is 4.42. The van der Waals surface area contributed by atoms with E-state index in [1.54, 1.807) is 36.0 Å². The van der Waals surface area contributed by atoms with Gasteiger partial charge in [0.2, 0.25) is 0 Å². The van der Waals surface area contributed by atoms with E-state index in [0.717, 1.165) is 22.6 Å². The summed E-state index contributed by atoms with van der Waals surface area (Å²) in [6.07, 6.45) is -12.1. The summed E-state index contributed by atoms with van der Waals surface area (Å²) in [6, 6.07) is 18.5. The molecule has 2 heterocycles. The quantitative estimate of drug-likeness (QED) is 0.391. The monoisotopic (exact) mass is 510 g/mol. The first-order valence-corrected chi connectivity index (χ1v) is 11.7. The van der Waals surface area contributed by atoms with Crippen molar-refractivity contribution >= 4 is 23.1 Å². The van der Waals surface area contributed by atoms with Gasteiger partial charge in [-0.15, -0.1) is 0 Å². The zero-order valence-electron chi connectivity index (χ0n) is 18.1. The molecule has 35 heavy (non-hydrogen) atoms. The normalized spacial score (nSPS) is 20.7. The molecule has 3 atom stereocenters. The molecule has 0 amide bonds. The summed E-state index contributed by atoms with van der Waals surface area (Å²) >= 11 is 1.58. The Morgan fingerprint density at radius 1 is 0.857 bits per heavy atom. The van der Waals surface area contributed by atoms with E-state index in [0.29, 0.717) is 11.4 Å². The summed E-state index contributed by atoms with van der Waals surface area (Å²) in [5, 5.41) is 9.75. The van der Waals surface area contributed by atoms with Crippen LogP contribution in [-0.4, -0.2) is 30.5 Å². The van der Waals surface area contributed by atoms with Crippen LogP contribution in [0.4, 0.5) is 37.7 Å². The van der Waals surface area contributed by atoms with Gasteiger partial charge in [0.25, 0.3) is 0 Å². The molecule has 0 saturated carbocycles. The Bertz CT molecular complexity index is 1230. The van der Waals surface area contributed by atoms with Gasteiger partial charge in [0, 0.05) is 11.4 Å². The third kappa shape index (κ3) is 4.56. The molecule has 2 bridgehead atoms. The number of para-hydroxylation sites is 2. The highest BCUT2D eigenvalue weighted by Crippen LogP contribution is 2.52. The van der Waals surface area contributed by atoms with Crippen molar-refractivity contribution in [2.24, 2.45) is 0 Å². The van der Waals surface area contributed by atoms with Crippen molar-refractivity contribution in [2.75, 3.05) is 22.9 Å². The van der Waals surface area contributed by atoms with Gasteiger partial charge in [-0.2, -0.15) is 26.3 Å². The van der Waals surface area contributed by atoms with Crippen LogP contribution in [0.3, 0.4) is 0 Å². The fraction of sp³-hybridized carbons (Fsp3) is 0.280. The first-order valence-electron chi connectivity index (χ1n) is 10.8. The Morgan fingerprint density at radius 3 is 2.23 bits per heavy atom. The van der Waals surface area contributed by atoms with E-state index in [1.165, 1.54) is 17.0 Å². The number of alkyl halides is 6. The maximum Gasteiger partial charge on any atom is 0.416 e. The maximum atomic E-state index is 13.5. The molecule has 3 nitrogen and oxygen atoms in total. The largest absolute Gasteiger partial charge is 0.416 e. The Balaban J connectivity index is 1.61. The molecule has 0 fully saturated rings. The SMILES string of the molecule is O[C@H](CN1c2ccccc2N([C@@H]2Sc3cccc2c3)CC1c1cccc(C(F)(F)F)c1)C(F)(F)F. The van der Waals surface area contributed by atoms with Crippen LogP contribution in [0.1, 0.15) is 28.1 Å². The number of halogens is 6. The predicted octanol–water partition coefficient (Wildman–Crippen LogP) is 6.80. The molecule has 2 aliphatic heterocycles. The van der Waals surface area contributed by atoms with Crippen molar-refractivity contribution in [1.82, 2.24) is 0 Å². The minimum absolute atomic E-state index is 0.138. The van der Waals surface area contributed by atoms with Crippen LogP contribution < -0.4 is 9.80 Å². The molecule has 0 aliphatic carbocycles. The molecular weight excluding hydrogens is 490 g/mol. The molecule has 2 aliphatic rings. The topological polar surface area (TPSA) is 26.7 Å². The van der Waals surface area contributed by atoms with E-state index in [1.807, 2.05) is 29.2 Å². The van der Waals surface area contributed by atoms with Crippen molar-refractivity contribution in [1.29, 1.82) is 0 Å². The number of benzene rings is 3. The van der Waals surface area contributed by atoms with Crippen molar-refractivity contribution in [2.45, 2.75) is 34.8 Å². The molecule has 0 radical (unpaired) electrons. The number of hydrogen-bond donors (Lipinski definition) is 1. The van der Waals surface area contributed by atoms with Crippen molar-refractivity contribution in [3.8, 4) is 0 Å². The molecule has 184 valence electrons. The van der Waals surface area contributed by atoms with Crippen LogP contribution in [-0.2, 0) is 6.18 Å². The molecular formula is C25H20F6N2OS. The Morgan fingerprint density at radius 2 is 1.54 bits per heavy atom. The summed E-state index contributed by atoms with van der Waals surface area (Å²) in [5.41, 5.74) is 1.44. The van der Waals surface area contributed by atoms with Crippen LogP contribution >= 0.6 is 11.8 Å². The van der Waals surface area contributed by atoms with Gasteiger partial charge >= 0.3 is 12.4 Å². The first-order chi connectivity index (χ1) is 16.5. The number of β-amino-alcohol motifs (C(OH)–C–C–N with tert-alkyl or cyclic N) is 1. The third-order valence-electron chi connectivity index (χ3n) is 6.27. The minimum Gasteiger partial charge on any atom is -0.382 e. The van der Waals surface area contributed by atoms with Crippen LogP contribution in [0.2, 0.25) is 0 Å². The Kier molecular flexibility index (Phi) is 5.91. The molecule has 1 unspecified atom stereocenters. The lowest BCUT2D eigenvalue weighted by molar-refractivity contribution is -0.200.